The van der Waals surface area contributed by atoms with E-state index in [1.807, 2.05) is 97.9 Å². The van der Waals surface area contributed by atoms with Gasteiger partial charge in [-0.25, -0.2) is 0 Å². The topological polar surface area (TPSA) is 86.6 Å². The first-order valence-electron chi connectivity index (χ1n) is 12.3. The van der Waals surface area contributed by atoms with Gasteiger partial charge in [-0.05, 0) is 23.6 Å². The van der Waals surface area contributed by atoms with E-state index >= 15 is 0 Å². The Kier molecular flexibility index (Phi) is 7.23. The highest BCUT2D eigenvalue weighted by molar-refractivity contribution is 5.47. The fraction of sp³-hybridized carbons (Fsp3) is 0.379. The highest BCUT2D eigenvalue weighted by atomic mass is 16.9. The number of ether oxygens (including phenoxy) is 5. The Bertz CT molecular complexity index is 1010. The summed E-state index contributed by atoms with van der Waals surface area (Å²) in [5.41, 5.74) is 1.79. The molecule has 7 heteroatoms. The van der Waals surface area contributed by atoms with Crippen LogP contribution < -0.4 is 0 Å². The zero-order valence-electron chi connectivity index (χ0n) is 20.4. The zero-order valence-corrected chi connectivity index (χ0v) is 20.4. The molecule has 5 rings (SSSR count). The molecular formula is C29H32O7. The Balaban J connectivity index is 1.49. The molecule has 0 bridgehead atoms. The van der Waals surface area contributed by atoms with Gasteiger partial charge in [-0.3, -0.25) is 4.74 Å². The lowest BCUT2D eigenvalue weighted by atomic mass is 9.80. The molecule has 0 saturated carbocycles. The van der Waals surface area contributed by atoms with Gasteiger partial charge in [0.15, 0.2) is 6.29 Å². The van der Waals surface area contributed by atoms with Crippen LogP contribution in [0.2, 0.25) is 0 Å². The van der Waals surface area contributed by atoms with Crippen molar-refractivity contribution >= 4 is 0 Å². The number of hydrogen-bond donors (Lipinski definition) is 2. The lowest BCUT2D eigenvalue weighted by molar-refractivity contribution is -0.343. The Morgan fingerprint density at radius 3 is 1.75 bits per heavy atom. The summed E-state index contributed by atoms with van der Waals surface area (Å²) in [5.74, 6) is -1.36. The largest absolute Gasteiger partial charge is 0.387 e. The quantitative estimate of drug-likeness (QED) is 0.465. The Morgan fingerprint density at radius 1 is 0.778 bits per heavy atom. The van der Waals surface area contributed by atoms with Gasteiger partial charge in [0, 0.05) is 13.5 Å². The van der Waals surface area contributed by atoms with E-state index < -0.39 is 42.3 Å². The van der Waals surface area contributed by atoms with E-state index in [4.69, 9.17) is 23.7 Å². The van der Waals surface area contributed by atoms with Crippen LogP contribution in [-0.2, 0) is 29.3 Å². The van der Waals surface area contributed by atoms with Gasteiger partial charge in [-0.2, -0.15) is 0 Å². The van der Waals surface area contributed by atoms with E-state index in [0.717, 1.165) is 16.7 Å². The van der Waals surface area contributed by atoms with Gasteiger partial charge in [0.05, 0.1) is 6.61 Å². The summed E-state index contributed by atoms with van der Waals surface area (Å²) in [6.07, 6.45) is -5.15. The van der Waals surface area contributed by atoms with Crippen molar-refractivity contribution in [2.75, 3.05) is 13.2 Å². The zero-order chi connectivity index (χ0) is 25.2. The number of hydrogen-bond acceptors (Lipinski definition) is 7. The number of benzene rings is 3. The second kappa shape index (κ2) is 10.4. The Labute approximate surface area is 211 Å². The second-order valence-corrected chi connectivity index (χ2v) is 9.11. The van der Waals surface area contributed by atoms with E-state index in [1.165, 1.54) is 0 Å². The monoisotopic (exact) mass is 492 g/mol. The standard InChI is InChI=1S/C29H32O7/c1-3-32-28(2)35-26-25(31)24(30)23(34-27(26)36-28)19-33-29(20-13-7-4-8-14-20,21-15-9-5-10-16-21)22-17-11-6-12-18-22/h4-18,23-27,30-31H,3,19H2,1-2H3/t23-,24-,25+,26-,27-,28?/m1/s1. The highest BCUT2D eigenvalue weighted by Gasteiger charge is 2.56. The Hall–Kier alpha value is -2.62. The lowest BCUT2D eigenvalue weighted by Crippen LogP contribution is -2.58. The van der Waals surface area contributed by atoms with E-state index in [9.17, 15) is 10.2 Å². The molecule has 2 aliphatic heterocycles. The van der Waals surface area contributed by atoms with Crippen molar-refractivity contribution in [3.05, 3.63) is 108 Å². The summed E-state index contributed by atoms with van der Waals surface area (Å²) in [7, 11) is 0. The molecule has 2 saturated heterocycles. The van der Waals surface area contributed by atoms with Gasteiger partial charge >= 0.3 is 0 Å². The van der Waals surface area contributed by atoms with Crippen LogP contribution in [0.4, 0.5) is 0 Å². The first kappa shape index (κ1) is 25.0. The van der Waals surface area contributed by atoms with E-state index in [-0.39, 0.29) is 6.61 Å². The average molecular weight is 493 g/mol. The maximum atomic E-state index is 11.0. The van der Waals surface area contributed by atoms with Crippen molar-refractivity contribution < 1.29 is 33.9 Å². The molecule has 6 atom stereocenters. The fourth-order valence-electron chi connectivity index (χ4n) is 5.06. The molecule has 0 amide bonds. The molecule has 3 aromatic rings. The molecule has 1 unspecified atom stereocenters. The van der Waals surface area contributed by atoms with Gasteiger partial charge in [0.1, 0.15) is 30.0 Å². The molecule has 0 spiro atoms. The van der Waals surface area contributed by atoms with Crippen LogP contribution in [0.1, 0.15) is 30.5 Å². The third kappa shape index (κ3) is 4.60. The molecule has 2 heterocycles. The van der Waals surface area contributed by atoms with Crippen LogP contribution in [0.3, 0.4) is 0 Å². The molecule has 2 fully saturated rings. The van der Waals surface area contributed by atoms with Crippen molar-refractivity contribution in [2.45, 2.75) is 56.1 Å². The summed E-state index contributed by atoms with van der Waals surface area (Å²) < 4.78 is 30.0. The summed E-state index contributed by atoms with van der Waals surface area (Å²) in [6.45, 7) is 3.77. The third-order valence-corrected chi connectivity index (χ3v) is 6.74. The summed E-state index contributed by atoms with van der Waals surface area (Å²) >= 11 is 0. The van der Waals surface area contributed by atoms with Crippen LogP contribution in [0.5, 0.6) is 0 Å². The molecule has 190 valence electrons. The third-order valence-electron chi connectivity index (χ3n) is 6.74. The molecule has 0 radical (unpaired) electrons. The van der Waals surface area contributed by atoms with Crippen LogP contribution in [-0.4, -0.2) is 60.1 Å². The van der Waals surface area contributed by atoms with E-state index in [1.54, 1.807) is 6.92 Å². The molecule has 0 aliphatic carbocycles. The van der Waals surface area contributed by atoms with Crippen LogP contribution in [0.15, 0.2) is 91.0 Å². The molecule has 3 aromatic carbocycles. The van der Waals surface area contributed by atoms with Gasteiger partial charge in [0.2, 0.25) is 0 Å². The van der Waals surface area contributed by atoms with Crippen LogP contribution in [0.25, 0.3) is 0 Å². The van der Waals surface area contributed by atoms with Crippen molar-refractivity contribution in [3.63, 3.8) is 0 Å². The first-order chi connectivity index (χ1) is 17.5. The molecule has 0 aromatic heterocycles. The SMILES string of the molecule is CCOC1(C)O[C@H]2O[C@H](COC(c3ccccc3)(c3ccccc3)c3ccccc3)[C@@H](O)[C@H](O)[C@H]2O1. The van der Waals surface area contributed by atoms with Crippen molar-refractivity contribution in [3.8, 4) is 0 Å². The van der Waals surface area contributed by atoms with Gasteiger partial charge in [-0.1, -0.05) is 91.0 Å². The van der Waals surface area contributed by atoms with Gasteiger partial charge in [-0.15, -0.1) is 0 Å². The molecule has 2 N–H and O–H groups in total. The minimum Gasteiger partial charge on any atom is -0.387 e. The molecular weight excluding hydrogens is 460 g/mol. The number of fused-ring (bicyclic) bond motifs is 1. The molecule has 2 aliphatic rings. The van der Waals surface area contributed by atoms with Crippen molar-refractivity contribution in [2.24, 2.45) is 0 Å². The second-order valence-electron chi connectivity index (χ2n) is 9.11. The highest BCUT2D eigenvalue weighted by Crippen LogP contribution is 2.42. The fourth-order valence-corrected chi connectivity index (χ4v) is 5.06. The van der Waals surface area contributed by atoms with Gasteiger partial charge in [0.25, 0.3) is 5.97 Å². The maximum Gasteiger partial charge on any atom is 0.282 e. The van der Waals surface area contributed by atoms with Crippen LogP contribution in [0, 0.1) is 0 Å². The predicted octanol–water partition coefficient (Wildman–Crippen LogP) is 3.57. The summed E-state index contributed by atoms with van der Waals surface area (Å²) in [6, 6.07) is 29.8. The molecule has 36 heavy (non-hydrogen) atoms. The lowest BCUT2D eigenvalue weighted by Gasteiger charge is -2.41. The number of rotatable bonds is 8. The normalized spacial score (nSPS) is 30.2. The first-order valence-corrected chi connectivity index (χ1v) is 12.3. The number of aliphatic hydroxyl groups excluding tert-OH is 2. The predicted molar refractivity (Wildman–Crippen MR) is 132 cm³/mol. The number of aliphatic hydroxyl groups is 2. The van der Waals surface area contributed by atoms with Gasteiger partial charge < -0.3 is 29.2 Å². The van der Waals surface area contributed by atoms with Crippen molar-refractivity contribution in [1.82, 2.24) is 0 Å². The molecule has 7 nitrogen and oxygen atoms in total. The van der Waals surface area contributed by atoms with Crippen LogP contribution >= 0.6 is 0 Å². The van der Waals surface area contributed by atoms with E-state index in [2.05, 4.69) is 0 Å². The van der Waals surface area contributed by atoms with Crippen molar-refractivity contribution in [1.29, 1.82) is 0 Å². The minimum absolute atomic E-state index is 0.0190. The maximum absolute atomic E-state index is 11.0. The van der Waals surface area contributed by atoms with E-state index in [0.29, 0.717) is 6.61 Å². The summed E-state index contributed by atoms with van der Waals surface area (Å²) in [4.78, 5) is 0. The Morgan fingerprint density at radius 2 is 1.28 bits per heavy atom. The average Bonchev–Trinajstić information content (AvgIpc) is 3.25. The smallest absolute Gasteiger partial charge is 0.282 e. The summed E-state index contributed by atoms with van der Waals surface area (Å²) in [5, 5.41) is 21.8. The minimum atomic E-state index is -1.36.